The van der Waals surface area contributed by atoms with Crippen LogP contribution in [0.2, 0.25) is 0 Å². The Morgan fingerprint density at radius 3 is 2.80 bits per heavy atom. The normalized spacial score (nSPS) is 34.8. The molecule has 0 saturated carbocycles. The average molecular weight is 354 g/mol. The molecule has 2 fully saturated rings. The third kappa shape index (κ3) is 3.62. The number of hydrogen-bond acceptors (Lipinski definition) is 8. The molecule has 3 rings (SSSR count). The maximum Gasteiger partial charge on any atom is 0.269 e. The highest BCUT2D eigenvalue weighted by atomic mass is 16.7. The first-order valence-corrected chi connectivity index (χ1v) is 7.67. The van der Waals surface area contributed by atoms with Crippen molar-refractivity contribution in [1.82, 2.24) is 5.32 Å². The third-order valence-electron chi connectivity index (χ3n) is 4.11. The number of benzene rings is 1. The quantitative estimate of drug-likeness (QED) is 0.491. The van der Waals surface area contributed by atoms with E-state index in [2.05, 4.69) is 5.32 Å². The Bertz CT molecular complexity index is 669. The van der Waals surface area contributed by atoms with Crippen LogP contribution in [0.3, 0.4) is 0 Å². The van der Waals surface area contributed by atoms with Gasteiger partial charge in [0.05, 0.1) is 11.5 Å². The first kappa shape index (κ1) is 17.7. The number of nitro benzene ring substituents is 1. The van der Waals surface area contributed by atoms with Crippen LogP contribution in [0.4, 0.5) is 5.69 Å². The highest BCUT2D eigenvalue weighted by molar-refractivity contribution is 5.73. The molecule has 3 N–H and O–H groups in total. The van der Waals surface area contributed by atoms with Crippen molar-refractivity contribution < 1.29 is 34.1 Å². The number of aliphatic hydroxyl groups is 2. The Kier molecular flexibility index (Phi) is 4.97. The van der Waals surface area contributed by atoms with E-state index < -0.39 is 47.8 Å². The summed E-state index contributed by atoms with van der Waals surface area (Å²) in [5.74, 6) is -0.438. The molecule has 0 spiro atoms. The number of hydrogen-bond donors (Lipinski definition) is 3. The highest BCUT2D eigenvalue weighted by Gasteiger charge is 2.49. The van der Waals surface area contributed by atoms with Crippen molar-refractivity contribution in [2.75, 3.05) is 6.61 Å². The molecule has 1 aromatic rings. The Morgan fingerprint density at radius 2 is 2.12 bits per heavy atom. The number of rotatable bonds is 3. The van der Waals surface area contributed by atoms with E-state index in [-0.39, 0.29) is 12.3 Å². The van der Waals surface area contributed by atoms with Gasteiger partial charge >= 0.3 is 0 Å². The number of nitro groups is 1. The van der Waals surface area contributed by atoms with E-state index in [0.29, 0.717) is 5.56 Å². The van der Waals surface area contributed by atoms with Crippen LogP contribution in [0.5, 0.6) is 0 Å². The lowest BCUT2D eigenvalue weighted by Crippen LogP contribution is -2.66. The molecule has 2 unspecified atom stereocenters. The molecule has 2 heterocycles. The van der Waals surface area contributed by atoms with Crippen molar-refractivity contribution in [1.29, 1.82) is 0 Å². The minimum Gasteiger partial charge on any atom is -0.388 e. The van der Waals surface area contributed by atoms with Crippen LogP contribution in [0.25, 0.3) is 0 Å². The van der Waals surface area contributed by atoms with Crippen molar-refractivity contribution in [2.45, 2.75) is 43.9 Å². The van der Waals surface area contributed by atoms with Gasteiger partial charge in [0.2, 0.25) is 5.91 Å². The van der Waals surface area contributed by atoms with Crippen molar-refractivity contribution in [3.63, 3.8) is 0 Å². The zero-order chi connectivity index (χ0) is 18.1. The second kappa shape index (κ2) is 7.02. The lowest BCUT2D eigenvalue weighted by atomic mass is 9.96. The number of amides is 1. The Hall–Kier alpha value is -2.11. The fourth-order valence-electron chi connectivity index (χ4n) is 2.95. The van der Waals surface area contributed by atoms with Crippen LogP contribution in [-0.4, -0.2) is 58.3 Å². The van der Waals surface area contributed by atoms with Gasteiger partial charge in [-0.1, -0.05) is 12.1 Å². The molecule has 1 aromatic carbocycles. The van der Waals surface area contributed by atoms with Gasteiger partial charge in [0.15, 0.2) is 12.6 Å². The Balaban J connectivity index is 1.77. The summed E-state index contributed by atoms with van der Waals surface area (Å²) >= 11 is 0. The average Bonchev–Trinajstić information content (AvgIpc) is 2.58. The van der Waals surface area contributed by atoms with E-state index in [4.69, 9.17) is 14.2 Å². The maximum atomic E-state index is 11.2. The standard InChI is InChI=1S/C15H18N2O8/c1-7(18)16-11-12(19)13-10(24-14(11)20)6-23-15(25-13)8-3-2-4-9(5-8)17(21)22/h2-5,10-15,19-20H,6H2,1H3,(H,16,18)/t10-,11-,12-,13-,14?,15?/m1/s1. The van der Waals surface area contributed by atoms with E-state index >= 15 is 0 Å². The molecule has 0 bridgehead atoms. The molecular weight excluding hydrogens is 336 g/mol. The summed E-state index contributed by atoms with van der Waals surface area (Å²) < 4.78 is 16.5. The van der Waals surface area contributed by atoms with Crippen LogP contribution < -0.4 is 5.32 Å². The summed E-state index contributed by atoms with van der Waals surface area (Å²) in [6.07, 6.45) is -5.18. The van der Waals surface area contributed by atoms with Gasteiger partial charge in [0, 0.05) is 24.6 Å². The first-order chi connectivity index (χ1) is 11.9. The van der Waals surface area contributed by atoms with Gasteiger partial charge in [0.25, 0.3) is 5.69 Å². The van der Waals surface area contributed by atoms with E-state index in [9.17, 15) is 25.1 Å². The van der Waals surface area contributed by atoms with Gasteiger partial charge in [-0.25, -0.2) is 0 Å². The van der Waals surface area contributed by atoms with E-state index in [1.54, 1.807) is 6.07 Å². The van der Waals surface area contributed by atoms with E-state index in [1.807, 2.05) is 0 Å². The summed E-state index contributed by atoms with van der Waals surface area (Å²) in [6, 6.07) is 4.72. The zero-order valence-electron chi connectivity index (χ0n) is 13.3. The summed E-state index contributed by atoms with van der Waals surface area (Å²) in [6.45, 7) is 1.27. The first-order valence-electron chi connectivity index (χ1n) is 7.67. The number of non-ortho nitro benzene ring substituents is 1. The molecule has 2 aliphatic heterocycles. The molecule has 0 aromatic heterocycles. The largest absolute Gasteiger partial charge is 0.388 e. The number of carbonyl (C=O) groups excluding carboxylic acids is 1. The van der Waals surface area contributed by atoms with Crippen molar-refractivity contribution in [3.05, 3.63) is 39.9 Å². The number of ether oxygens (including phenoxy) is 3. The zero-order valence-corrected chi connectivity index (χ0v) is 13.3. The molecule has 0 radical (unpaired) electrons. The third-order valence-corrected chi connectivity index (χ3v) is 4.11. The molecule has 2 aliphatic rings. The number of aliphatic hydroxyl groups excluding tert-OH is 2. The molecule has 1 amide bonds. The molecule has 2 saturated heterocycles. The monoisotopic (exact) mass is 354 g/mol. The molecule has 25 heavy (non-hydrogen) atoms. The van der Waals surface area contributed by atoms with Crippen LogP contribution in [-0.2, 0) is 19.0 Å². The summed E-state index contributed by atoms with van der Waals surface area (Å²) in [5.41, 5.74) is 0.306. The summed E-state index contributed by atoms with van der Waals surface area (Å²) in [7, 11) is 0. The molecular formula is C15H18N2O8. The SMILES string of the molecule is CC(=O)N[C@H]1C(O)O[C@@H]2COC(c3cccc([N+](=O)[O-])c3)O[C@H]2[C@@H]1O. The molecule has 10 heteroatoms. The van der Waals surface area contributed by atoms with Crippen LogP contribution in [0.1, 0.15) is 18.8 Å². The van der Waals surface area contributed by atoms with Crippen molar-refractivity contribution in [2.24, 2.45) is 0 Å². The van der Waals surface area contributed by atoms with Gasteiger partial charge < -0.3 is 29.7 Å². The molecule has 136 valence electrons. The number of nitrogens with zero attached hydrogens (tertiary/aromatic N) is 1. The van der Waals surface area contributed by atoms with Gasteiger partial charge in [-0.3, -0.25) is 14.9 Å². The smallest absolute Gasteiger partial charge is 0.269 e. The van der Waals surface area contributed by atoms with Crippen LogP contribution in [0.15, 0.2) is 24.3 Å². The Labute approximate surface area is 142 Å². The van der Waals surface area contributed by atoms with E-state index in [0.717, 1.165) is 0 Å². The number of carbonyl (C=O) groups is 1. The molecule has 0 aliphatic carbocycles. The topological polar surface area (TPSA) is 140 Å². The fraction of sp³-hybridized carbons (Fsp3) is 0.533. The van der Waals surface area contributed by atoms with Gasteiger partial charge in [0.1, 0.15) is 24.4 Å². The lowest BCUT2D eigenvalue weighted by Gasteiger charge is -2.46. The summed E-state index contributed by atoms with van der Waals surface area (Å²) in [5, 5.41) is 33.7. The van der Waals surface area contributed by atoms with E-state index in [1.165, 1.54) is 25.1 Å². The van der Waals surface area contributed by atoms with Crippen LogP contribution >= 0.6 is 0 Å². The van der Waals surface area contributed by atoms with Gasteiger partial charge in [-0.05, 0) is 0 Å². The van der Waals surface area contributed by atoms with Crippen molar-refractivity contribution >= 4 is 11.6 Å². The van der Waals surface area contributed by atoms with Crippen LogP contribution in [0, 0.1) is 10.1 Å². The summed E-state index contributed by atoms with van der Waals surface area (Å²) in [4.78, 5) is 21.6. The van der Waals surface area contributed by atoms with Crippen molar-refractivity contribution in [3.8, 4) is 0 Å². The number of nitrogens with one attached hydrogen (secondary N) is 1. The maximum absolute atomic E-state index is 11.2. The fourth-order valence-corrected chi connectivity index (χ4v) is 2.95. The second-order valence-electron chi connectivity index (χ2n) is 5.90. The van der Waals surface area contributed by atoms with Gasteiger partial charge in [-0.2, -0.15) is 0 Å². The molecule has 10 nitrogen and oxygen atoms in total. The molecule has 6 atom stereocenters. The predicted molar refractivity (Wildman–Crippen MR) is 81.2 cm³/mol. The predicted octanol–water partition coefficient (Wildman–Crippen LogP) is -0.408. The second-order valence-corrected chi connectivity index (χ2v) is 5.90. The van der Waals surface area contributed by atoms with Gasteiger partial charge in [-0.15, -0.1) is 0 Å². The Morgan fingerprint density at radius 1 is 1.36 bits per heavy atom. The minimum absolute atomic E-state index is 0.0128. The minimum atomic E-state index is -1.40. The number of fused-ring (bicyclic) bond motifs is 1. The highest BCUT2D eigenvalue weighted by Crippen LogP contribution is 2.34. The lowest BCUT2D eigenvalue weighted by molar-refractivity contribution is -0.385.